The van der Waals surface area contributed by atoms with E-state index in [0.29, 0.717) is 35.8 Å². The third kappa shape index (κ3) is 3.93. The van der Waals surface area contributed by atoms with Gasteiger partial charge in [-0.25, -0.2) is 9.37 Å². The summed E-state index contributed by atoms with van der Waals surface area (Å²) in [6.07, 6.45) is 4.13. The molecule has 0 saturated carbocycles. The topological polar surface area (TPSA) is 79.5 Å². The number of hydrogen-bond donors (Lipinski definition) is 2. The number of amides is 1. The number of rotatable bonds is 4. The normalized spacial score (nSPS) is 15.0. The fourth-order valence-electron chi connectivity index (χ4n) is 4.06. The fourth-order valence-corrected chi connectivity index (χ4v) is 4.06. The van der Waals surface area contributed by atoms with Crippen LogP contribution in [0.3, 0.4) is 0 Å². The fraction of sp³-hybridized carbons (Fsp3) is 0.304. The summed E-state index contributed by atoms with van der Waals surface area (Å²) in [6.45, 7) is 1.55. The summed E-state index contributed by atoms with van der Waals surface area (Å²) in [4.78, 5) is 19.2. The number of halogens is 1. The number of carbonyl (C=O) groups is 1. The highest BCUT2D eigenvalue weighted by Gasteiger charge is 2.25. The van der Waals surface area contributed by atoms with E-state index in [0.717, 1.165) is 35.8 Å². The third-order valence-electron chi connectivity index (χ3n) is 5.75. The molecule has 5 nitrogen and oxygen atoms in total. The molecule has 0 spiro atoms. The lowest BCUT2D eigenvalue weighted by atomic mass is 9.93. The van der Waals surface area contributed by atoms with Crippen LogP contribution in [0.25, 0.3) is 21.9 Å². The van der Waals surface area contributed by atoms with Crippen LogP contribution in [0.5, 0.6) is 0 Å². The second-order valence-corrected chi connectivity index (χ2v) is 7.58. The predicted molar refractivity (Wildman–Crippen MR) is 112 cm³/mol. The number of carbonyl (C=O) groups excluding carboxylic acids is 1. The van der Waals surface area contributed by atoms with E-state index < -0.39 is 0 Å². The first kappa shape index (κ1) is 19.3. The van der Waals surface area contributed by atoms with Crippen LogP contribution >= 0.6 is 0 Å². The number of nitrogens with two attached hydrogens (primary N) is 1. The van der Waals surface area contributed by atoms with Gasteiger partial charge in [0.05, 0.1) is 5.56 Å². The Kier molecular flexibility index (Phi) is 5.45. The minimum absolute atomic E-state index is 0.0524. The number of fused-ring (bicyclic) bond motifs is 1. The number of piperidine rings is 1. The zero-order chi connectivity index (χ0) is 20.4. The zero-order valence-corrected chi connectivity index (χ0v) is 16.1. The summed E-state index contributed by atoms with van der Waals surface area (Å²) in [5.41, 5.74) is 8.19. The lowest BCUT2D eigenvalue weighted by molar-refractivity contribution is 0.0680. The smallest absolute Gasteiger partial charge is 0.256 e. The summed E-state index contributed by atoms with van der Waals surface area (Å²) in [5.74, 6) is 0.460. The van der Waals surface area contributed by atoms with Crippen molar-refractivity contribution in [3.8, 4) is 11.1 Å². The molecule has 0 radical (unpaired) electrons. The highest BCUT2D eigenvalue weighted by atomic mass is 19.1. The van der Waals surface area contributed by atoms with Gasteiger partial charge < -0.3 is 15.7 Å². The summed E-state index contributed by atoms with van der Waals surface area (Å²) in [7, 11) is 0. The molecule has 1 aliphatic heterocycles. The van der Waals surface area contributed by atoms with Gasteiger partial charge in [0.15, 0.2) is 0 Å². The Balaban J connectivity index is 1.66. The van der Waals surface area contributed by atoms with Crippen LogP contribution in [0.1, 0.15) is 29.6 Å². The summed E-state index contributed by atoms with van der Waals surface area (Å²) in [5, 5.41) is 10.6. The number of benzene rings is 2. The molecular weight excluding hydrogens is 369 g/mol. The lowest BCUT2D eigenvalue weighted by Crippen LogP contribution is -2.38. The van der Waals surface area contributed by atoms with Crippen LogP contribution in [-0.4, -0.2) is 40.6 Å². The molecule has 0 bridgehead atoms. The number of pyridine rings is 1. The Hall–Kier alpha value is -2.99. The minimum Gasteiger partial charge on any atom is -0.396 e. The molecule has 1 aliphatic rings. The predicted octanol–water partition coefficient (Wildman–Crippen LogP) is 3.86. The molecule has 2 aromatic carbocycles. The van der Waals surface area contributed by atoms with E-state index in [1.807, 2.05) is 29.2 Å². The lowest BCUT2D eigenvalue weighted by Gasteiger charge is -2.32. The van der Waals surface area contributed by atoms with Crippen LogP contribution in [-0.2, 0) is 0 Å². The third-order valence-corrected chi connectivity index (χ3v) is 5.75. The van der Waals surface area contributed by atoms with Gasteiger partial charge in [-0.2, -0.15) is 0 Å². The molecule has 29 heavy (non-hydrogen) atoms. The summed E-state index contributed by atoms with van der Waals surface area (Å²) < 4.78 is 13.6. The van der Waals surface area contributed by atoms with Gasteiger partial charge in [-0.15, -0.1) is 0 Å². The number of nitrogen functional groups attached to an aromatic ring is 1. The Labute approximate surface area is 169 Å². The van der Waals surface area contributed by atoms with E-state index in [4.69, 9.17) is 10.8 Å². The van der Waals surface area contributed by atoms with E-state index in [2.05, 4.69) is 4.98 Å². The van der Waals surface area contributed by atoms with Crippen LogP contribution < -0.4 is 5.73 Å². The maximum absolute atomic E-state index is 13.6. The van der Waals surface area contributed by atoms with Crippen molar-refractivity contribution >= 4 is 22.5 Å². The molecule has 1 aromatic heterocycles. The van der Waals surface area contributed by atoms with Gasteiger partial charge in [0.25, 0.3) is 5.91 Å². The molecule has 0 aliphatic carbocycles. The van der Waals surface area contributed by atoms with Gasteiger partial charge in [-0.05, 0) is 59.9 Å². The quantitative estimate of drug-likeness (QED) is 0.705. The van der Waals surface area contributed by atoms with E-state index in [9.17, 15) is 9.18 Å². The molecule has 150 valence electrons. The molecular formula is C23H24FN3O2. The maximum Gasteiger partial charge on any atom is 0.256 e. The highest BCUT2D eigenvalue weighted by Crippen LogP contribution is 2.30. The van der Waals surface area contributed by atoms with Gasteiger partial charge >= 0.3 is 0 Å². The first-order valence-corrected chi connectivity index (χ1v) is 9.91. The van der Waals surface area contributed by atoms with Crippen molar-refractivity contribution in [2.24, 2.45) is 5.92 Å². The first-order chi connectivity index (χ1) is 14.1. The van der Waals surface area contributed by atoms with Gasteiger partial charge in [0.1, 0.15) is 11.6 Å². The number of anilines is 1. The number of aromatic nitrogens is 1. The Morgan fingerprint density at radius 1 is 1.14 bits per heavy atom. The number of nitrogens with zero attached hydrogens (tertiary/aromatic N) is 2. The van der Waals surface area contributed by atoms with Crippen molar-refractivity contribution in [2.45, 2.75) is 19.3 Å². The Bertz CT molecular complexity index is 1050. The number of aliphatic hydroxyl groups is 1. The van der Waals surface area contributed by atoms with Crippen LogP contribution in [0.4, 0.5) is 10.2 Å². The van der Waals surface area contributed by atoms with Gasteiger partial charge in [-0.3, -0.25) is 4.79 Å². The number of aliphatic hydroxyl groups excluding tert-OH is 1. The van der Waals surface area contributed by atoms with Crippen molar-refractivity contribution in [1.29, 1.82) is 0 Å². The van der Waals surface area contributed by atoms with Crippen LogP contribution in [0.15, 0.2) is 48.7 Å². The van der Waals surface area contributed by atoms with Crippen molar-refractivity contribution < 1.29 is 14.3 Å². The van der Waals surface area contributed by atoms with E-state index in [1.165, 1.54) is 12.1 Å². The molecule has 1 saturated heterocycles. The zero-order valence-electron chi connectivity index (χ0n) is 16.1. The van der Waals surface area contributed by atoms with Crippen molar-refractivity contribution in [2.75, 3.05) is 25.4 Å². The molecule has 3 N–H and O–H groups in total. The largest absolute Gasteiger partial charge is 0.396 e. The van der Waals surface area contributed by atoms with Crippen molar-refractivity contribution in [1.82, 2.24) is 9.88 Å². The molecule has 3 aromatic rings. The molecule has 0 unspecified atom stereocenters. The average molecular weight is 393 g/mol. The van der Waals surface area contributed by atoms with Crippen LogP contribution in [0, 0.1) is 11.7 Å². The second kappa shape index (κ2) is 8.17. The van der Waals surface area contributed by atoms with E-state index in [-0.39, 0.29) is 18.3 Å². The average Bonchev–Trinajstić information content (AvgIpc) is 2.74. The second-order valence-electron chi connectivity index (χ2n) is 7.58. The monoisotopic (exact) mass is 393 g/mol. The summed E-state index contributed by atoms with van der Waals surface area (Å²) in [6, 6.07) is 12.0. The molecule has 2 heterocycles. The molecule has 1 fully saturated rings. The highest BCUT2D eigenvalue weighted by molar-refractivity contribution is 6.09. The number of likely N-dealkylation sites (tertiary alicyclic amines) is 1. The van der Waals surface area contributed by atoms with Crippen molar-refractivity contribution in [3.63, 3.8) is 0 Å². The SMILES string of the molecule is Nc1ncc(C(=O)N2CCC(CCO)CC2)c2ccc(-c3cccc(F)c3)cc12. The molecule has 6 heteroatoms. The Morgan fingerprint density at radius 2 is 1.90 bits per heavy atom. The van der Waals surface area contributed by atoms with Crippen LogP contribution in [0.2, 0.25) is 0 Å². The standard InChI is InChI=1S/C23H24FN3O2/c24-18-3-1-2-16(12-18)17-4-5-19-20(13-17)22(25)26-14-21(19)23(29)27-9-6-15(7-10-27)8-11-28/h1-5,12-15,28H,6-11H2,(H2,25,26). The maximum atomic E-state index is 13.6. The first-order valence-electron chi connectivity index (χ1n) is 9.91. The molecule has 1 amide bonds. The van der Waals surface area contributed by atoms with E-state index in [1.54, 1.807) is 12.3 Å². The van der Waals surface area contributed by atoms with E-state index >= 15 is 0 Å². The Morgan fingerprint density at radius 3 is 2.62 bits per heavy atom. The van der Waals surface area contributed by atoms with Gasteiger partial charge in [0, 0.05) is 31.3 Å². The van der Waals surface area contributed by atoms with Gasteiger partial charge in [-0.1, -0.05) is 24.3 Å². The van der Waals surface area contributed by atoms with Gasteiger partial charge in [0.2, 0.25) is 0 Å². The summed E-state index contributed by atoms with van der Waals surface area (Å²) >= 11 is 0. The molecule has 0 atom stereocenters. The molecule has 4 rings (SSSR count). The van der Waals surface area contributed by atoms with Crippen molar-refractivity contribution in [3.05, 3.63) is 60.0 Å². The number of hydrogen-bond acceptors (Lipinski definition) is 4. The minimum atomic E-state index is -0.303.